The molecule has 2 heterocycles. The predicted octanol–water partition coefficient (Wildman–Crippen LogP) is 1.41. The van der Waals surface area contributed by atoms with Crippen LogP contribution >= 0.6 is 0 Å². The molecule has 10 heavy (non-hydrogen) atoms. The number of nitrogens with zero attached hydrogens (tertiary/aromatic N) is 1. The van der Waals surface area contributed by atoms with Crippen LogP contribution in [-0.2, 0) is 4.84 Å². The lowest BCUT2D eigenvalue weighted by atomic mass is 10.2. The second-order valence-electron chi connectivity index (χ2n) is 1.99. The number of pyridine rings is 1. The lowest BCUT2D eigenvalue weighted by Gasteiger charge is -2.10. The van der Waals surface area contributed by atoms with Crippen LogP contribution in [0.15, 0.2) is 24.7 Å². The zero-order valence-corrected chi connectivity index (χ0v) is 5.24. The van der Waals surface area contributed by atoms with E-state index in [4.69, 9.17) is 4.84 Å². The fraction of sp³-hybridized carbons (Fsp3) is 0. The zero-order valence-electron chi connectivity index (χ0n) is 5.24. The molecule has 0 amide bonds. The van der Waals surface area contributed by atoms with Crippen molar-refractivity contribution in [2.75, 3.05) is 5.48 Å². The van der Waals surface area contributed by atoms with Crippen LogP contribution in [-0.4, -0.2) is 4.98 Å². The van der Waals surface area contributed by atoms with Gasteiger partial charge in [-0.2, -0.15) is 0 Å². The highest BCUT2D eigenvalue weighted by Crippen LogP contribution is 2.18. The van der Waals surface area contributed by atoms with Gasteiger partial charge in [0.2, 0.25) is 0 Å². The molecular formula is C7H6N2O. The van der Waals surface area contributed by atoms with Crippen LogP contribution in [0.5, 0.6) is 0 Å². The third kappa shape index (κ3) is 0.719. The third-order valence-corrected chi connectivity index (χ3v) is 1.34. The minimum atomic E-state index is 0.907. The fourth-order valence-electron chi connectivity index (χ4n) is 0.841. The molecule has 0 unspecified atom stereocenters. The lowest BCUT2D eigenvalue weighted by molar-refractivity contribution is 0.329. The molecule has 0 fully saturated rings. The van der Waals surface area contributed by atoms with Crippen molar-refractivity contribution in [1.29, 1.82) is 0 Å². The van der Waals surface area contributed by atoms with E-state index in [2.05, 4.69) is 10.5 Å². The summed E-state index contributed by atoms with van der Waals surface area (Å²) in [6.45, 7) is 0. The van der Waals surface area contributed by atoms with E-state index in [0.29, 0.717) is 0 Å². The first-order valence-electron chi connectivity index (χ1n) is 2.99. The Morgan fingerprint density at radius 3 is 3.40 bits per heavy atom. The van der Waals surface area contributed by atoms with Crippen LogP contribution in [0.2, 0.25) is 0 Å². The second kappa shape index (κ2) is 2.02. The van der Waals surface area contributed by atoms with Crippen LogP contribution in [0.3, 0.4) is 0 Å². The third-order valence-electron chi connectivity index (χ3n) is 1.34. The van der Waals surface area contributed by atoms with Crippen molar-refractivity contribution in [1.82, 2.24) is 4.98 Å². The van der Waals surface area contributed by atoms with E-state index in [1.54, 1.807) is 18.7 Å². The monoisotopic (exact) mass is 134 g/mol. The molecule has 50 valence electrons. The molecule has 0 bridgehead atoms. The van der Waals surface area contributed by atoms with E-state index in [-0.39, 0.29) is 0 Å². The molecular weight excluding hydrogens is 128 g/mol. The molecule has 1 aromatic heterocycles. The number of nitrogens with one attached hydrogen (secondary N) is 1. The van der Waals surface area contributed by atoms with Crippen molar-refractivity contribution in [3.63, 3.8) is 0 Å². The lowest BCUT2D eigenvalue weighted by Crippen LogP contribution is -2.01. The number of rotatable bonds is 0. The van der Waals surface area contributed by atoms with Crippen LogP contribution in [0, 0.1) is 0 Å². The Morgan fingerprint density at radius 2 is 2.50 bits per heavy atom. The van der Waals surface area contributed by atoms with Gasteiger partial charge in [-0.25, -0.2) is 5.48 Å². The van der Waals surface area contributed by atoms with Gasteiger partial charge in [0.15, 0.2) is 0 Å². The smallest absolute Gasteiger partial charge is 0.119 e. The van der Waals surface area contributed by atoms with Crippen LogP contribution < -0.4 is 5.48 Å². The van der Waals surface area contributed by atoms with Gasteiger partial charge in [-0.15, -0.1) is 0 Å². The van der Waals surface area contributed by atoms with E-state index in [1.807, 2.05) is 12.1 Å². The van der Waals surface area contributed by atoms with Crippen molar-refractivity contribution in [3.8, 4) is 0 Å². The van der Waals surface area contributed by atoms with E-state index in [0.717, 1.165) is 11.3 Å². The number of hydrogen-bond acceptors (Lipinski definition) is 3. The SMILES string of the molecule is C1=Cc2ccncc2NO1. The highest BCUT2D eigenvalue weighted by atomic mass is 16.6. The summed E-state index contributed by atoms with van der Waals surface area (Å²) in [6, 6.07) is 1.92. The molecule has 1 aliphatic rings. The first kappa shape index (κ1) is 5.29. The summed E-state index contributed by atoms with van der Waals surface area (Å²) in [5.41, 5.74) is 4.72. The number of anilines is 1. The fourth-order valence-corrected chi connectivity index (χ4v) is 0.841. The largest absolute Gasteiger partial charge is 0.390 e. The summed E-state index contributed by atoms with van der Waals surface area (Å²) in [6.07, 6.45) is 6.95. The summed E-state index contributed by atoms with van der Waals surface area (Å²) in [4.78, 5) is 8.75. The molecule has 2 rings (SSSR count). The standard InChI is InChI=1S/C7H6N2O/c1-3-8-5-7-6(1)2-4-10-9-7/h1-5,9H. The Morgan fingerprint density at radius 1 is 1.50 bits per heavy atom. The van der Waals surface area contributed by atoms with Gasteiger partial charge in [-0.3, -0.25) is 4.98 Å². The van der Waals surface area contributed by atoms with Gasteiger partial charge in [0, 0.05) is 11.8 Å². The van der Waals surface area contributed by atoms with Gasteiger partial charge in [-0.05, 0) is 12.1 Å². The van der Waals surface area contributed by atoms with E-state index in [1.165, 1.54) is 0 Å². The van der Waals surface area contributed by atoms with Gasteiger partial charge in [0.1, 0.15) is 6.26 Å². The molecule has 0 aromatic carbocycles. The highest BCUT2D eigenvalue weighted by Gasteiger charge is 2.01. The molecule has 1 aliphatic heterocycles. The topological polar surface area (TPSA) is 34.2 Å². The molecule has 1 aromatic rings. The van der Waals surface area contributed by atoms with Crippen molar-refractivity contribution < 1.29 is 4.84 Å². The summed E-state index contributed by atoms with van der Waals surface area (Å²) in [7, 11) is 0. The van der Waals surface area contributed by atoms with Crippen molar-refractivity contribution in [3.05, 3.63) is 30.3 Å². The van der Waals surface area contributed by atoms with Crippen LogP contribution in [0.4, 0.5) is 5.69 Å². The number of fused-ring (bicyclic) bond motifs is 1. The minimum Gasteiger partial charge on any atom is -0.390 e. The Labute approximate surface area is 58.3 Å². The van der Waals surface area contributed by atoms with Crippen molar-refractivity contribution in [2.24, 2.45) is 0 Å². The Kier molecular flexibility index (Phi) is 1.07. The molecule has 0 saturated heterocycles. The van der Waals surface area contributed by atoms with Crippen molar-refractivity contribution in [2.45, 2.75) is 0 Å². The van der Waals surface area contributed by atoms with Gasteiger partial charge in [0.05, 0.1) is 11.9 Å². The van der Waals surface area contributed by atoms with Crippen LogP contribution in [0.25, 0.3) is 6.08 Å². The number of aromatic nitrogens is 1. The summed E-state index contributed by atoms with van der Waals surface area (Å²) in [5, 5.41) is 0. The van der Waals surface area contributed by atoms with E-state index >= 15 is 0 Å². The molecule has 0 atom stereocenters. The first-order chi connectivity index (χ1) is 4.97. The van der Waals surface area contributed by atoms with Gasteiger partial charge in [-0.1, -0.05) is 0 Å². The van der Waals surface area contributed by atoms with E-state index < -0.39 is 0 Å². The summed E-state index contributed by atoms with van der Waals surface area (Å²) >= 11 is 0. The Bertz CT molecular complexity index is 270. The van der Waals surface area contributed by atoms with Gasteiger partial charge in [0.25, 0.3) is 0 Å². The normalized spacial score (nSPS) is 13.2. The molecule has 1 N–H and O–H groups in total. The zero-order chi connectivity index (χ0) is 6.81. The average molecular weight is 134 g/mol. The second-order valence-corrected chi connectivity index (χ2v) is 1.99. The first-order valence-corrected chi connectivity index (χ1v) is 2.99. The Balaban J connectivity index is 2.54. The van der Waals surface area contributed by atoms with E-state index in [9.17, 15) is 0 Å². The van der Waals surface area contributed by atoms with Crippen molar-refractivity contribution >= 4 is 11.8 Å². The summed E-state index contributed by atoms with van der Waals surface area (Å²) in [5.74, 6) is 0. The molecule has 0 saturated carbocycles. The molecule has 3 heteroatoms. The minimum absolute atomic E-state index is 0.907. The Hall–Kier alpha value is -1.51. The quantitative estimate of drug-likeness (QED) is 0.582. The molecule has 0 spiro atoms. The summed E-state index contributed by atoms with van der Waals surface area (Å²) < 4.78 is 0. The number of hydrogen-bond donors (Lipinski definition) is 1. The van der Waals surface area contributed by atoms with Crippen LogP contribution in [0.1, 0.15) is 5.56 Å². The van der Waals surface area contributed by atoms with Gasteiger partial charge < -0.3 is 4.84 Å². The predicted molar refractivity (Wildman–Crippen MR) is 38.0 cm³/mol. The molecule has 0 aliphatic carbocycles. The average Bonchev–Trinajstić information content (AvgIpc) is 2.05. The molecule has 3 nitrogen and oxygen atoms in total. The highest BCUT2D eigenvalue weighted by molar-refractivity contribution is 5.65. The van der Waals surface area contributed by atoms with Gasteiger partial charge >= 0.3 is 0 Å². The molecule has 0 radical (unpaired) electrons. The maximum atomic E-state index is 4.83. The maximum Gasteiger partial charge on any atom is 0.119 e. The maximum absolute atomic E-state index is 4.83.